The van der Waals surface area contributed by atoms with E-state index >= 15 is 0 Å². The van der Waals surface area contributed by atoms with Crippen LogP contribution in [0.4, 0.5) is 11.4 Å². The number of halogens is 1. The molecule has 1 aromatic heterocycles. The molecule has 4 rings (SSSR count). The Morgan fingerprint density at radius 3 is 2.37 bits per heavy atom. The number of hydrogen-bond donors (Lipinski definition) is 1. The minimum absolute atomic E-state index is 0.0665. The molecule has 0 aliphatic carbocycles. The lowest BCUT2D eigenvalue weighted by atomic mass is 9.95. The predicted octanol–water partition coefficient (Wildman–Crippen LogP) is 7.70. The lowest BCUT2D eigenvalue weighted by molar-refractivity contribution is -0.384. The topological polar surface area (TPSA) is 96.3 Å². The number of anilines is 1. The molecular weight excluding hydrogens is 546 g/mol. The fraction of sp³-hybridized carbons (Fsp3) is 0.267. The molecule has 0 aliphatic heterocycles. The van der Waals surface area contributed by atoms with Crippen molar-refractivity contribution in [2.75, 3.05) is 4.90 Å². The molecule has 8 heteroatoms. The number of para-hydroxylation sites is 1. The van der Waals surface area contributed by atoms with Gasteiger partial charge in [-0.1, -0.05) is 60.3 Å². The summed E-state index contributed by atoms with van der Waals surface area (Å²) in [5.41, 5.74) is 2.84. The average molecular weight is 576 g/mol. The molecular formula is C30H30BrN3O4. The summed E-state index contributed by atoms with van der Waals surface area (Å²) >= 11 is 3.45. The van der Waals surface area contributed by atoms with E-state index in [2.05, 4.69) is 27.8 Å². The zero-order valence-electron chi connectivity index (χ0n) is 21.2. The molecule has 4 aromatic rings. The second-order valence-electron chi connectivity index (χ2n) is 9.30. The number of non-ortho nitro benzene ring substituents is 1. The van der Waals surface area contributed by atoms with E-state index in [9.17, 15) is 19.7 Å². The van der Waals surface area contributed by atoms with E-state index in [1.165, 1.54) is 12.1 Å². The van der Waals surface area contributed by atoms with Gasteiger partial charge in [0, 0.05) is 45.8 Å². The van der Waals surface area contributed by atoms with Gasteiger partial charge < -0.3 is 4.98 Å². The summed E-state index contributed by atoms with van der Waals surface area (Å²) in [4.78, 5) is 43.4. The van der Waals surface area contributed by atoms with Gasteiger partial charge in [-0.15, -0.1) is 0 Å². The van der Waals surface area contributed by atoms with Gasteiger partial charge in [0.2, 0.25) is 5.91 Å². The lowest BCUT2D eigenvalue weighted by Crippen LogP contribution is -2.40. The molecule has 0 saturated carbocycles. The number of unbranched alkanes of at least 4 members (excludes halogenated alkanes) is 3. The van der Waals surface area contributed by atoms with Crippen molar-refractivity contribution >= 4 is 49.9 Å². The highest BCUT2D eigenvalue weighted by Crippen LogP contribution is 2.33. The number of benzene rings is 3. The van der Waals surface area contributed by atoms with Crippen molar-refractivity contribution in [1.29, 1.82) is 0 Å². The van der Waals surface area contributed by atoms with Crippen LogP contribution in [0.25, 0.3) is 10.9 Å². The Hall–Kier alpha value is -3.78. The third-order valence-corrected chi connectivity index (χ3v) is 7.18. The maximum absolute atomic E-state index is 14.1. The molecule has 1 N–H and O–H groups in total. The van der Waals surface area contributed by atoms with Crippen molar-refractivity contribution in [1.82, 2.24) is 4.98 Å². The van der Waals surface area contributed by atoms with Crippen molar-refractivity contribution in [3.05, 3.63) is 105 Å². The fourth-order valence-electron chi connectivity index (χ4n) is 4.68. The van der Waals surface area contributed by atoms with E-state index in [1.54, 1.807) is 29.2 Å². The SMILES string of the molecule is CCCCCCC(=O)C(c1ccc([N+](=O)[O-])cc1)N(C(=O)Cc1c[nH]c2ccccc12)c1ccc(Br)cc1. The van der Waals surface area contributed by atoms with E-state index in [-0.39, 0.29) is 23.8 Å². The van der Waals surface area contributed by atoms with Crippen LogP contribution in [0.5, 0.6) is 0 Å². The minimum Gasteiger partial charge on any atom is -0.361 e. The van der Waals surface area contributed by atoms with Gasteiger partial charge in [-0.05, 0) is 60.0 Å². The predicted molar refractivity (Wildman–Crippen MR) is 153 cm³/mol. The number of hydrogen-bond acceptors (Lipinski definition) is 4. The summed E-state index contributed by atoms with van der Waals surface area (Å²) < 4.78 is 0.850. The van der Waals surface area contributed by atoms with Gasteiger partial charge in [0.05, 0.1) is 11.3 Å². The molecule has 0 spiro atoms. The first-order valence-corrected chi connectivity index (χ1v) is 13.6. The molecule has 3 aromatic carbocycles. The Morgan fingerprint density at radius 1 is 0.974 bits per heavy atom. The molecule has 1 atom stereocenters. The highest BCUT2D eigenvalue weighted by Gasteiger charge is 2.33. The second-order valence-corrected chi connectivity index (χ2v) is 10.2. The van der Waals surface area contributed by atoms with Crippen molar-refractivity contribution in [2.45, 2.75) is 51.5 Å². The van der Waals surface area contributed by atoms with E-state index in [0.717, 1.165) is 46.6 Å². The number of nitro groups is 1. The zero-order valence-corrected chi connectivity index (χ0v) is 22.8. The summed E-state index contributed by atoms with van der Waals surface area (Å²) in [6.45, 7) is 2.11. The maximum atomic E-state index is 14.1. The Kier molecular flexibility index (Phi) is 9.07. The number of carbonyl (C=O) groups is 2. The van der Waals surface area contributed by atoms with Gasteiger partial charge in [0.15, 0.2) is 5.78 Å². The summed E-state index contributed by atoms with van der Waals surface area (Å²) in [6.07, 6.45) is 5.97. The minimum atomic E-state index is -0.906. The van der Waals surface area contributed by atoms with Gasteiger partial charge in [-0.3, -0.25) is 24.6 Å². The van der Waals surface area contributed by atoms with Gasteiger partial charge in [-0.2, -0.15) is 0 Å². The Balaban J connectivity index is 1.76. The van der Waals surface area contributed by atoms with Crippen LogP contribution in [0.3, 0.4) is 0 Å². The molecule has 38 heavy (non-hydrogen) atoms. The van der Waals surface area contributed by atoms with Gasteiger partial charge in [-0.25, -0.2) is 0 Å². The molecule has 1 heterocycles. The number of rotatable bonds is 12. The fourth-order valence-corrected chi connectivity index (χ4v) is 4.95. The maximum Gasteiger partial charge on any atom is 0.269 e. The average Bonchev–Trinajstić information content (AvgIpc) is 3.33. The number of carbonyl (C=O) groups excluding carboxylic acids is 2. The molecule has 0 aliphatic rings. The molecule has 7 nitrogen and oxygen atoms in total. The molecule has 1 unspecified atom stereocenters. The van der Waals surface area contributed by atoms with E-state index in [1.807, 2.05) is 42.6 Å². The normalized spacial score (nSPS) is 11.8. The summed E-state index contributed by atoms with van der Waals surface area (Å²) in [7, 11) is 0. The van der Waals surface area contributed by atoms with Gasteiger partial charge >= 0.3 is 0 Å². The first-order chi connectivity index (χ1) is 18.4. The monoisotopic (exact) mass is 575 g/mol. The Morgan fingerprint density at radius 2 is 1.68 bits per heavy atom. The summed E-state index contributed by atoms with van der Waals surface area (Å²) in [6, 6.07) is 20.1. The van der Waals surface area contributed by atoms with Crippen LogP contribution < -0.4 is 4.90 Å². The number of ketones is 1. The molecule has 1 amide bonds. The van der Waals surface area contributed by atoms with E-state index < -0.39 is 11.0 Å². The van der Waals surface area contributed by atoms with Gasteiger partial charge in [0.25, 0.3) is 5.69 Å². The quantitative estimate of drug-likeness (QED) is 0.106. The standard InChI is InChI=1S/C30H30BrN3O4/c1-2-3-4-5-10-28(35)30(21-11-15-25(16-12-21)34(37)38)33(24-17-13-23(31)14-18-24)29(36)19-22-20-32-27-9-7-6-8-26(22)27/h6-9,11-18,20,30,32H,2-5,10,19H2,1H3. The van der Waals surface area contributed by atoms with Crippen LogP contribution in [-0.4, -0.2) is 21.6 Å². The number of nitrogens with zero attached hydrogens (tertiary/aromatic N) is 2. The number of aromatic nitrogens is 1. The Bertz CT molecular complexity index is 1410. The zero-order chi connectivity index (χ0) is 27.1. The molecule has 0 saturated heterocycles. The van der Waals surface area contributed by atoms with Crippen LogP contribution >= 0.6 is 15.9 Å². The number of H-pyrrole nitrogens is 1. The smallest absolute Gasteiger partial charge is 0.269 e. The second kappa shape index (κ2) is 12.6. The summed E-state index contributed by atoms with van der Waals surface area (Å²) in [5.74, 6) is -0.326. The van der Waals surface area contributed by atoms with Crippen molar-refractivity contribution in [2.24, 2.45) is 0 Å². The third kappa shape index (κ3) is 6.37. The molecule has 196 valence electrons. The van der Waals surface area contributed by atoms with Crippen LogP contribution in [0.2, 0.25) is 0 Å². The lowest BCUT2D eigenvalue weighted by Gasteiger charge is -2.32. The summed E-state index contributed by atoms with van der Waals surface area (Å²) in [5, 5.41) is 12.2. The van der Waals surface area contributed by atoms with Crippen LogP contribution in [0.15, 0.2) is 83.5 Å². The number of fused-ring (bicyclic) bond motifs is 1. The number of aromatic amines is 1. The molecule has 0 fully saturated rings. The van der Waals surface area contributed by atoms with Crippen molar-refractivity contribution in [3.63, 3.8) is 0 Å². The number of nitrogens with one attached hydrogen (secondary N) is 1. The van der Waals surface area contributed by atoms with Crippen molar-refractivity contribution < 1.29 is 14.5 Å². The number of nitro benzene ring substituents is 1. The first kappa shape index (κ1) is 27.3. The first-order valence-electron chi connectivity index (χ1n) is 12.8. The number of amides is 1. The van der Waals surface area contributed by atoms with Crippen LogP contribution in [0, 0.1) is 10.1 Å². The van der Waals surface area contributed by atoms with E-state index in [0.29, 0.717) is 17.7 Å². The van der Waals surface area contributed by atoms with Crippen LogP contribution in [-0.2, 0) is 16.0 Å². The van der Waals surface area contributed by atoms with E-state index in [4.69, 9.17) is 0 Å². The largest absolute Gasteiger partial charge is 0.361 e. The van der Waals surface area contributed by atoms with Gasteiger partial charge in [0.1, 0.15) is 6.04 Å². The molecule has 0 bridgehead atoms. The Labute approximate surface area is 230 Å². The van der Waals surface area contributed by atoms with Crippen LogP contribution in [0.1, 0.15) is 56.2 Å². The van der Waals surface area contributed by atoms with Crippen molar-refractivity contribution in [3.8, 4) is 0 Å². The number of Topliss-reactive ketones (excluding diaryl/α,β-unsaturated/α-hetero) is 1. The molecule has 0 radical (unpaired) electrons. The third-order valence-electron chi connectivity index (χ3n) is 6.65. The highest BCUT2D eigenvalue weighted by atomic mass is 79.9. The highest BCUT2D eigenvalue weighted by molar-refractivity contribution is 9.10.